The molecule has 3 rings (SSSR count). The van der Waals surface area contributed by atoms with Crippen LogP contribution in [0.4, 0.5) is 0 Å². The van der Waals surface area contributed by atoms with Gasteiger partial charge in [-0.25, -0.2) is 0 Å². The maximum Gasteiger partial charge on any atom is 0.305 e. The largest absolute Gasteiger partial charge is 0.472 e. The Morgan fingerprint density at radius 1 is 1.02 bits per heavy atom. The smallest absolute Gasteiger partial charge is 0.305 e. The molecule has 5 nitrogen and oxygen atoms in total. The van der Waals surface area contributed by atoms with Crippen molar-refractivity contribution in [3.63, 3.8) is 0 Å². The molecule has 0 spiro atoms. The van der Waals surface area contributed by atoms with Crippen LogP contribution in [0.1, 0.15) is 135 Å². The van der Waals surface area contributed by atoms with Crippen molar-refractivity contribution in [2.24, 2.45) is 23.2 Å². The van der Waals surface area contributed by atoms with Crippen LogP contribution in [0.2, 0.25) is 0 Å². The Bertz CT molecular complexity index is 848. The zero-order chi connectivity index (χ0) is 28.8. The van der Waals surface area contributed by atoms with Gasteiger partial charge in [-0.3, -0.25) is 4.79 Å². The number of esters is 1. The minimum atomic E-state index is -0.858. The molecule has 2 fully saturated rings. The highest BCUT2D eigenvalue weighted by atomic mass is 16.5. The molecule has 1 heterocycles. The SMILES string of the molecule is C=C1CC[C@@H]2[C@H](COC(=O)CCCCCCCCCCCCCCC)[C@H](O)[C@H](O)C[C@@]2(C)[C@@H]1CCc1ccoc1. The van der Waals surface area contributed by atoms with Crippen LogP contribution in [0.3, 0.4) is 0 Å². The molecule has 2 aliphatic rings. The number of aliphatic hydroxyl groups excluding tert-OH is 2. The van der Waals surface area contributed by atoms with Crippen molar-refractivity contribution >= 4 is 5.97 Å². The molecule has 5 heteroatoms. The van der Waals surface area contributed by atoms with E-state index in [-0.39, 0.29) is 35.7 Å². The quantitative estimate of drug-likeness (QED) is 0.101. The van der Waals surface area contributed by atoms with E-state index in [4.69, 9.17) is 9.15 Å². The van der Waals surface area contributed by atoms with Gasteiger partial charge in [0.05, 0.1) is 31.3 Å². The first-order chi connectivity index (χ1) is 19.4. The van der Waals surface area contributed by atoms with Crippen LogP contribution >= 0.6 is 0 Å². The third kappa shape index (κ3) is 9.76. The molecule has 40 heavy (non-hydrogen) atoms. The first kappa shape index (κ1) is 32.9. The first-order valence-corrected chi connectivity index (χ1v) is 16.6. The van der Waals surface area contributed by atoms with Gasteiger partial charge in [0.1, 0.15) is 0 Å². The fourth-order valence-corrected chi connectivity index (χ4v) is 7.70. The van der Waals surface area contributed by atoms with Gasteiger partial charge in [0, 0.05) is 12.3 Å². The Morgan fingerprint density at radius 3 is 2.25 bits per heavy atom. The van der Waals surface area contributed by atoms with E-state index >= 15 is 0 Å². The maximum atomic E-state index is 12.6. The summed E-state index contributed by atoms with van der Waals surface area (Å²) < 4.78 is 11.0. The van der Waals surface area contributed by atoms with Crippen LogP contribution in [0.5, 0.6) is 0 Å². The van der Waals surface area contributed by atoms with Crippen LogP contribution in [-0.2, 0) is 16.0 Å². The first-order valence-electron chi connectivity index (χ1n) is 16.6. The Balaban J connectivity index is 1.35. The minimum absolute atomic E-state index is 0.172. The van der Waals surface area contributed by atoms with Gasteiger partial charge in [0.2, 0.25) is 0 Å². The second kappa shape index (κ2) is 17.4. The lowest BCUT2D eigenvalue weighted by Crippen LogP contribution is -2.57. The number of unbranched alkanes of at least 4 members (excludes halogenated alkanes) is 12. The molecular formula is C35H58O5. The number of carbonyl (C=O) groups is 1. The lowest BCUT2D eigenvalue weighted by molar-refractivity contribution is -0.170. The molecule has 0 radical (unpaired) electrons. The minimum Gasteiger partial charge on any atom is -0.472 e. The zero-order valence-electron chi connectivity index (χ0n) is 25.6. The number of hydrogen-bond donors (Lipinski definition) is 2. The van der Waals surface area contributed by atoms with Crippen molar-refractivity contribution < 1.29 is 24.2 Å². The number of aliphatic hydroxyl groups is 2. The van der Waals surface area contributed by atoms with E-state index in [1.165, 1.54) is 81.8 Å². The maximum absolute atomic E-state index is 12.6. The van der Waals surface area contributed by atoms with Gasteiger partial charge < -0.3 is 19.4 Å². The average molecular weight is 559 g/mol. The average Bonchev–Trinajstić information content (AvgIpc) is 3.45. The molecular weight excluding hydrogens is 500 g/mol. The molecule has 2 saturated carbocycles. The fraction of sp³-hybridized carbons (Fsp3) is 0.800. The topological polar surface area (TPSA) is 79.9 Å². The normalized spacial score (nSPS) is 28.4. The van der Waals surface area contributed by atoms with Gasteiger partial charge in [-0.15, -0.1) is 0 Å². The number of allylic oxidation sites excluding steroid dienone is 1. The summed E-state index contributed by atoms with van der Waals surface area (Å²) in [5.41, 5.74) is 2.24. The van der Waals surface area contributed by atoms with Crippen LogP contribution < -0.4 is 0 Å². The van der Waals surface area contributed by atoms with Crippen molar-refractivity contribution in [2.45, 2.75) is 148 Å². The van der Waals surface area contributed by atoms with Crippen LogP contribution in [-0.4, -0.2) is 35.0 Å². The molecule has 2 aliphatic carbocycles. The highest BCUT2D eigenvalue weighted by molar-refractivity contribution is 5.69. The molecule has 0 aliphatic heterocycles. The summed E-state index contributed by atoms with van der Waals surface area (Å²) in [6.45, 7) is 9.11. The van der Waals surface area contributed by atoms with Crippen LogP contribution in [0.25, 0.3) is 0 Å². The molecule has 0 aromatic carbocycles. The Labute approximate surface area is 244 Å². The molecule has 0 bridgehead atoms. The summed E-state index contributed by atoms with van der Waals surface area (Å²) in [5.74, 6) is 0.0322. The van der Waals surface area contributed by atoms with Gasteiger partial charge >= 0.3 is 5.97 Å². The summed E-state index contributed by atoms with van der Waals surface area (Å²) in [7, 11) is 0. The molecule has 1 aromatic heterocycles. The molecule has 0 saturated heterocycles. The van der Waals surface area contributed by atoms with Gasteiger partial charge in [-0.1, -0.05) is 103 Å². The summed E-state index contributed by atoms with van der Waals surface area (Å²) in [4.78, 5) is 12.6. The molecule has 1 aromatic rings. The van der Waals surface area contributed by atoms with E-state index in [0.717, 1.165) is 38.5 Å². The molecule has 0 unspecified atom stereocenters. The second-order valence-electron chi connectivity index (χ2n) is 13.1. The van der Waals surface area contributed by atoms with E-state index in [1.54, 1.807) is 12.5 Å². The number of rotatable bonds is 19. The second-order valence-corrected chi connectivity index (χ2v) is 13.1. The lowest BCUT2D eigenvalue weighted by atomic mass is 9.49. The number of furan rings is 1. The number of hydrogen-bond acceptors (Lipinski definition) is 5. The summed E-state index contributed by atoms with van der Waals surface area (Å²) in [5, 5.41) is 21.8. The van der Waals surface area contributed by atoms with Crippen molar-refractivity contribution in [2.75, 3.05) is 6.61 Å². The van der Waals surface area contributed by atoms with Crippen molar-refractivity contribution in [3.05, 3.63) is 36.3 Å². The Morgan fingerprint density at radius 2 is 1.65 bits per heavy atom. The molecule has 6 atom stereocenters. The van der Waals surface area contributed by atoms with Gasteiger partial charge in [-0.2, -0.15) is 0 Å². The van der Waals surface area contributed by atoms with E-state index in [0.29, 0.717) is 12.8 Å². The van der Waals surface area contributed by atoms with Crippen molar-refractivity contribution in [3.8, 4) is 0 Å². The fourth-order valence-electron chi connectivity index (χ4n) is 7.70. The van der Waals surface area contributed by atoms with E-state index in [9.17, 15) is 15.0 Å². The van der Waals surface area contributed by atoms with E-state index < -0.39 is 12.2 Å². The number of fused-ring (bicyclic) bond motifs is 1. The number of aryl methyl sites for hydroxylation is 1. The van der Waals surface area contributed by atoms with Gasteiger partial charge in [0.25, 0.3) is 0 Å². The van der Waals surface area contributed by atoms with Crippen molar-refractivity contribution in [1.82, 2.24) is 0 Å². The molecule has 2 N–H and O–H groups in total. The van der Waals surface area contributed by atoms with Crippen molar-refractivity contribution in [1.29, 1.82) is 0 Å². The zero-order valence-corrected chi connectivity index (χ0v) is 25.6. The third-order valence-corrected chi connectivity index (χ3v) is 10.1. The number of ether oxygens (including phenoxy) is 1. The highest BCUT2D eigenvalue weighted by Gasteiger charge is 2.55. The van der Waals surface area contributed by atoms with Crippen LogP contribution in [0.15, 0.2) is 35.2 Å². The van der Waals surface area contributed by atoms with Gasteiger partial charge in [0.15, 0.2) is 0 Å². The predicted molar refractivity (Wildman–Crippen MR) is 162 cm³/mol. The standard InChI is InChI=1S/C35H58O5/c1-4-5-6-7-8-9-10-11-12-13-14-15-16-17-33(37)40-26-29-31-20-18-27(2)30(21-19-28-22-23-39-25-28)35(31,3)24-32(36)34(29)38/h22-23,25,29-32,34,36,38H,2,4-21,24,26H2,1,3H3/t29-,30+,31+,32+,34-,35-/m0/s1. The summed E-state index contributed by atoms with van der Waals surface area (Å²) >= 11 is 0. The van der Waals surface area contributed by atoms with Gasteiger partial charge in [-0.05, 0) is 67.4 Å². The van der Waals surface area contributed by atoms with E-state index in [1.807, 2.05) is 6.07 Å². The highest BCUT2D eigenvalue weighted by Crippen LogP contribution is 2.58. The molecule has 228 valence electrons. The van der Waals surface area contributed by atoms with E-state index in [2.05, 4.69) is 20.4 Å². The Hall–Kier alpha value is -1.59. The summed E-state index contributed by atoms with van der Waals surface area (Å²) in [6.07, 6.45) is 23.1. The summed E-state index contributed by atoms with van der Waals surface area (Å²) in [6, 6.07) is 2.00. The monoisotopic (exact) mass is 558 g/mol. The molecule has 0 amide bonds. The number of carbonyl (C=O) groups excluding carboxylic acids is 1. The third-order valence-electron chi connectivity index (χ3n) is 10.1. The predicted octanol–water partition coefficient (Wildman–Crippen LogP) is 8.57. The van der Waals surface area contributed by atoms with Crippen LogP contribution in [0, 0.1) is 23.2 Å². The Kier molecular flexibility index (Phi) is 14.3. The lowest BCUT2D eigenvalue weighted by Gasteiger charge is -2.57.